The Bertz CT molecular complexity index is 407. The van der Waals surface area contributed by atoms with Crippen LogP contribution in [-0.4, -0.2) is 11.8 Å². The largest absolute Gasteiger partial charge is 0.673 e. The van der Waals surface area contributed by atoms with Crippen molar-refractivity contribution in [2.45, 2.75) is 39.2 Å². The molecule has 0 aliphatic heterocycles. The summed E-state index contributed by atoms with van der Waals surface area (Å²) in [4.78, 5) is 0. The van der Waals surface area contributed by atoms with Crippen LogP contribution < -0.4 is 4.57 Å². The molecule has 114 valence electrons. The Balaban J connectivity index is 0.000000621. The Hall–Kier alpha value is -1.53. The Morgan fingerprint density at radius 1 is 1.20 bits per heavy atom. The zero-order valence-electron chi connectivity index (χ0n) is 11.7. The fourth-order valence-corrected chi connectivity index (χ4v) is 1.73. The van der Waals surface area contributed by atoms with Crippen molar-refractivity contribution < 1.29 is 21.8 Å². The Morgan fingerprint density at radius 3 is 2.25 bits per heavy atom. The third-order valence-corrected chi connectivity index (χ3v) is 2.60. The summed E-state index contributed by atoms with van der Waals surface area (Å²) in [7, 11) is -6.00. The van der Waals surface area contributed by atoms with Crippen molar-refractivity contribution in [1.29, 1.82) is 0 Å². The van der Waals surface area contributed by atoms with Gasteiger partial charge in [0, 0.05) is 6.08 Å². The molecule has 0 aliphatic carbocycles. The lowest BCUT2D eigenvalue weighted by Gasteiger charge is -1.99. The van der Waals surface area contributed by atoms with E-state index in [2.05, 4.69) is 30.8 Å². The summed E-state index contributed by atoms with van der Waals surface area (Å²) < 4.78 is 43.2. The van der Waals surface area contributed by atoms with E-state index in [0.29, 0.717) is 0 Å². The first-order valence-electron chi connectivity index (χ1n) is 6.56. The van der Waals surface area contributed by atoms with Crippen LogP contribution in [0.4, 0.5) is 17.3 Å². The number of nitrogens with zero attached hydrogens (tertiary/aromatic N) is 2. The number of unbranched alkanes of at least 4 members (excludes halogenated alkanes) is 3. The van der Waals surface area contributed by atoms with Gasteiger partial charge >= 0.3 is 7.25 Å². The van der Waals surface area contributed by atoms with Crippen molar-refractivity contribution in [3.05, 3.63) is 31.4 Å². The highest BCUT2D eigenvalue weighted by Gasteiger charge is 2.20. The monoisotopic (exact) mass is 292 g/mol. The molecule has 1 aromatic rings. The normalized spacial score (nSPS) is 10.7. The highest BCUT2D eigenvalue weighted by molar-refractivity contribution is 6.50. The van der Waals surface area contributed by atoms with Gasteiger partial charge in [0.2, 0.25) is 0 Å². The van der Waals surface area contributed by atoms with Crippen molar-refractivity contribution >= 4 is 19.5 Å². The Labute approximate surface area is 117 Å². The minimum absolute atomic E-state index is 1.07. The predicted molar refractivity (Wildman–Crippen MR) is 75.4 cm³/mol. The van der Waals surface area contributed by atoms with Gasteiger partial charge in [-0.25, -0.2) is 9.13 Å². The standard InChI is InChI=1S/C13H21N2.BF4/c1-4-7-8-9-10-15-12-11-14(6-3)13(15)5-2;2-1(3,4)5/h5-6,11-12H,2-4,7-10H2,1H3;/q+1;-1. The topological polar surface area (TPSA) is 8.81 Å². The first kappa shape index (κ1) is 18.5. The van der Waals surface area contributed by atoms with Crippen LogP contribution in [0, 0.1) is 0 Å². The van der Waals surface area contributed by atoms with Crippen molar-refractivity contribution in [1.82, 2.24) is 4.57 Å². The smallest absolute Gasteiger partial charge is 0.418 e. The average molecular weight is 292 g/mol. The van der Waals surface area contributed by atoms with Crippen LogP contribution >= 0.6 is 0 Å². The highest BCUT2D eigenvalue weighted by Crippen LogP contribution is 2.06. The van der Waals surface area contributed by atoms with E-state index in [4.69, 9.17) is 0 Å². The molecule has 0 unspecified atom stereocenters. The number of hydrogen-bond donors (Lipinski definition) is 0. The number of imidazole rings is 1. The Morgan fingerprint density at radius 2 is 1.80 bits per heavy atom. The lowest BCUT2D eigenvalue weighted by Crippen LogP contribution is -2.35. The van der Waals surface area contributed by atoms with E-state index < -0.39 is 7.25 Å². The molecule has 0 N–H and O–H groups in total. The van der Waals surface area contributed by atoms with Crippen LogP contribution in [0.25, 0.3) is 12.3 Å². The summed E-state index contributed by atoms with van der Waals surface area (Å²) in [5.41, 5.74) is 0. The molecule has 0 fully saturated rings. The number of aromatic nitrogens is 2. The summed E-state index contributed by atoms with van der Waals surface area (Å²) in [5.74, 6) is 1.11. The number of aryl methyl sites for hydroxylation is 1. The third-order valence-electron chi connectivity index (χ3n) is 2.60. The molecule has 0 aromatic carbocycles. The summed E-state index contributed by atoms with van der Waals surface area (Å²) in [6, 6.07) is 0. The van der Waals surface area contributed by atoms with Gasteiger partial charge < -0.3 is 17.3 Å². The van der Waals surface area contributed by atoms with Crippen LogP contribution in [-0.2, 0) is 6.54 Å². The molecule has 1 rings (SSSR count). The second-order valence-corrected chi connectivity index (χ2v) is 4.20. The molecule has 0 spiro atoms. The maximum atomic E-state index is 9.75. The molecule has 1 aromatic heterocycles. The molecular formula is C13H21BF4N2. The van der Waals surface area contributed by atoms with E-state index in [1.807, 2.05) is 16.8 Å². The first-order valence-corrected chi connectivity index (χ1v) is 6.56. The first-order chi connectivity index (χ1) is 9.33. The molecule has 1 heterocycles. The van der Waals surface area contributed by atoms with Gasteiger partial charge in [0.05, 0.1) is 12.7 Å². The second kappa shape index (κ2) is 9.39. The molecule has 7 heteroatoms. The molecule has 0 amide bonds. The molecule has 0 atom stereocenters. The van der Waals surface area contributed by atoms with Crippen LogP contribution in [0.1, 0.15) is 38.4 Å². The minimum atomic E-state index is -6.00. The second-order valence-electron chi connectivity index (χ2n) is 4.20. The molecule has 20 heavy (non-hydrogen) atoms. The SMILES string of the molecule is C=Cc1n(C=C)cc[n+]1CCCCCC.F[B-](F)(F)F. The van der Waals surface area contributed by atoms with Crippen LogP contribution in [0.15, 0.2) is 25.6 Å². The minimum Gasteiger partial charge on any atom is -0.418 e. The summed E-state index contributed by atoms with van der Waals surface area (Å²) in [5, 5.41) is 0. The fraction of sp³-hybridized carbons (Fsp3) is 0.462. The van der Waals surface area contributed by atoms with Gasteiger partial charge in [-0.2, -0.15) is 0 Å². The molecule has 0 bridgehead atoms. The van der Waals surface area contributed by atoms with Gasteiger partial charge in [-0.05, 0) is 12.8 Å². The van der Waals surface area contributed by atoms with Gasteiger partial charge in [0.15, 0.2) is 0 Å². The quantitative estimate of drug-likeness (QED) is 0.305. The van der Waals surface area contributed by atoms with Crippen molar-refractivity contribution in [3.63, 3.8) is 0 Å². The zero-order valence-corrected chi connectivity index (χ0v) is 11.7. The maximum Gasteiger partial charge on any atom is 0.673 e. The fourth-order valence-electron chi connectivity index (χ4n) is 1.73. The predicted octanol–water partition coefficient (Wildman–Crippen LogP) is 4.40. The summed E-state index contributed by atoms with van der Waals surface area (Å²) in [6.45, 7) is 10.9. The van der Waals surface area contributed by atoms with Crippen LogP contribution in [0.3, 0.4) is 0 Å². The zero-order chi connectivity index (χ0) is 15.6. The average Bonchev–Trinajstić information content (AvgIpc) is 2.74. The number of halogens is 4. The van der Waals surface area contributed by atoms with E-state index in [1.54, 1.807) is 6.20 Å². The van der Waals surface area contributed by atoms with E-state index in [-0.39, 0.29) is 0 Å². The molecule has 0 saturated heterocycles. The number of hydrogen-bond acceptors (Lipinski definition) is 0. The van der Waals surface area contributed by atoms with E-state index in [0.717, 1.165) is 12.4 Å². The summed E-state index contributed by atoms with van der Waals surface area (Å²) >= 11 is 0. The molecule has 2 nitrogen and oxygen atoms in total. The van der Waals surface area contributed by atoms with Gasteiger partial charge in [-0.15, -0.1) is 0 Å². The summed E-state index contributed by atoms with van der Waals surface area (Å²) in [6.07, 6.45) is 12.9. The van der Waals surface area contributed by atoms with Gasteiger partial charge in [-0.3, -0.25) is 0 Å². The highest BCUT2D eigenvalue weighted by atomic mass is 19.5. The molecular weight excluding hydrogens is 271 g/mol. The molecule has 0 saturated carbocycles. The third kappa shape index (κ3) is 8.55. The Kier molecular flexibility index (Phi) is 8.67. The van der Waals surface area contributed by atoms with Crippen LogP contribution in [0.5, 0.6) is 0 Å². The van der Waals surface area contributed by atoms with Crippen molar-refractivity contribution in [2.75, 3.05) is 0 Å². The van der Waals surface area contributed by atoms with Gasteiger partial charge in [0.25, 0.3) is 5.82 Å². The van der Waals surface area contributed by atoms with Crippen molar-refractivity contribution in [2.24, 2.45) is 0 Å². The molecule has 0 radical (unpaired) electrons. The lowest BCUT2D eigenvalue weighted by atomic mass is 10.2. The van der Waals surface area contributed by atoms with Gasteiger partial charge in [-0.1, -0.05) is 32.9 Å². The van der Waals surface area contributed by atoms with E-state index in [1.165, 1.54) is 25.7 Å². The molecule has 0 aliphatic rings. The van der Waals surface area contributed by atoms with Crippen molar-refractivity contribution in [3.8, 4) is 0 Å². The van der Waals surface area contributed by atoms with Crippen LogP contribution in [0.2, 0.25) is 0 Å². The number of rotatable bonds is 7. The lowest BCUT2D eigenvalue weighted by molar-refractivity contribution is -0.698. The van der Waals surface area contributed by atoms with E-state index >= 15 is 0 Å². The maximum absolute atomic E-state index is 9.75. The van der Waals surface area contributed by atoms with E-state index in [9.17, 15) is 17.3 Å². The van der Waals surface area contributed by atoms with Gasteiger partial charge in [0.1, 0.15) is 12.4 Å².